The van der Waals surface area contributed by atoms with Crippen LogP contribution in [0.2, 0.25) is 0 Å². The minimum atomic E-state index is -0.895. The highest BCUT2D eigenvalue weighted by atomic mass is 19.1. The molecule has 2 aliphatic rings. The molecule has 1 aliphatic heterocycles. The minimum Gasteiger partial charge on any atom is -0.334 e. The summed E-state index contributed by atoms with van der Waals surface area (Å²) in [6, 6.07) is 10.3. The predicted octanol–water partition coefficient (Wildman–Crippen LogP) is 3.31. The van der Waals surface area contributed by atoms with Gasteiger partial charge in [0.15, 0.2) is 0 Å². The maximum atomic E-state index is 13.2. The van der Waals surface area contributed by atoms with E-state index in [0.717, 1.165) is 28.9 Å². The van der Waals surface area contributed by atoms with Gasteiger partial charge in [0, 0.05) is 12.6 Å². The average Bonchev–Trinajstić information content (AvgIpc) is 3.48. The van der Waals surface area contributed by atoms with Crippen molar-refractivity contribution in [2.75, 3.05) is 0 Å². The maximum absolute atomic E-state index is 13.2. The van der Waals surface area contributed by atoms with Gasteiger partial charge < -0.3 is 4.90 Å². The monoisotopic (exact) mass is 380 g/mol. The number of aryl methyl sites for hydroxylation is 1. The smallest absolute Gasteiger partial charge is 0.262 e. The second-order valence-electron chi connectivity index (χ2n) is 7.53. The fourth-order valence-corrected chi connectivity index (χ4v) is 3.64. The van der Waals surface area contributed by atoms with Crippen molar-refractivity contribution < 1.29 is 18.8 Å². The number of rotatable bonds is 5. The first kappa shape index (κ1) is 18.3. The van der Waals surface area contributed by atoms with Crippen molar-refractivity contribution in [3.63, 3.8) is 0 Å². The molecule has 1 unspecified atom stereocenters. The van der Waals surface area contributed by atoms with Gasteiger partial charge in [-0.1, -0.05) is 23.8 Å². The van der Waals surface area contributed by atoms with Gasteiger partial charge >= 0.3 is 0 Å². The van der Waals surface area contributed by atoms with E-state index in [9.17, 15) is 18.8 Å². The lowest BCUT2D eigenvalue weighted by molar-refractivity contribution is -0.136. The molecule has 0 radical (unpaired) electrons. The summed E-state index contributed by atoms with van der Waals surface area (Å²) in [6.07, 6.45) is 1.78. The van der Waals surface area contributed by atoms with Crippen molar-refractivity contribution in [3.05, 3.63) is 70.5 Å². The number of halogens is 1. The fraction of sp³-hybridized carbons (Fsp3) is 0.318. The summed E-state index contributed by atoms with van der Waals surface area (Å²) in [4.78, 5) is 41.5. The second-order valence-corrected chi connectivity index (χ2v) is 7.53. The molecule has 1 heterocycles. The Kier molecular flexibility index (Phi) is 4.49. The molecule has 0 bridgehead atoms. The Hall–Kier alpha value is -3.02. The Bertz CT molecular complexity index is 966. The van der Waals surface area contributed by atoms with E-state index in [4.69, 9.17) is 0 Å². The van der Waals surface area contributed by atoms with E-state index in [1.54, 1.807) is 42.2 Å². The molecule has 0 spiro atoms. The molecule has 6 heteroatoms. The van der Waals surface area contributed by atoms with E-state index in [1.165, 1.54) is 12.1 Å². The fourth-order valence-electron chi connectivity index (χ4n) is 3.64. The number of fused-ring (bicyclic) bond motifs is 1. The van der Waals surface area contributed by atoms with Gasteiger partial charge in [-0.25, -0.2) is 4.39 Å². The van der Waals surface area contributed by atoms with Crippen LogP contribution in [-0.4, -0.2) is 39.6 Å². The molecule has 28 heavy (non-hydrogen) atoms. The van der Waals surface area contributed by atoms with E-state index in [0.29, 0.717) is 17.7 Å². The number of amides is 3. The lowest BCUT2D eigenvalue weighted by atomic mass is 10.1. The normalized spacial score (nSPS) is 16.9. The number of nitrogens with zero attached hydrogens (tertiary/aromatic N) is 2. The molecule has 1 fully saturated rings. The Morgan fingerprint density at radius 3 is 2.39 bits per heavy atom. The van der Waals surface area contributed by atoms with Gasteiger partial charge in [-0.15, -0.1) is 0 Å². The molecule has 144 valence electrons. The molecule has 5 nitrogen and oxygen atoms in total. The van der Waals surface area contributed by atoms with Crippen LogP contribution in [0.3, 0.4) is 0 Å². The van der Waals surface area contributed by atoms with Crippen molar-refractivity contribution in [2.24, 2.45) is 0 Å². The maximum Gasteiger partial charge on any atom is 0.262 e. The third-order valence-corrected chi connectivity index (χ3v) is 5.36. The third kappa shape index (κ3) is 3.19. The minimum absolute atomic E-state index is 0.0948. The van der Waals surface area contributed by atoms with Gasteiger partial charge in [0.2, 0.25) is 5.91 Å². The summed E-state index contributed by atoms with van der Waals surface area (Å²) >= 11 is 0. The summed E-state index contributed by atoms with van der Waals surface area (Å²) in [6.45, 7) is 3.78. The summed E-state index contributed by atoms with van der Waals surface area (Å²) < 4.78 is 13.2. The molecule has 2 aromatic carbocycles. The van der Waals surface area contributed by atoms with Crippen molar-refractivity contribution in [1.82, 2.24) is 9.80 Å². The number of hydrogen-bond donors (Lipinski definition) is 0. The van der Waals surface area contributed by atoms with Gasteiger partial charge in [0.05, 0.1) is 11.1 Å². The van der Waals surface area contributed by atoms with Gasteiger partial charge in [0.25, 0.3) is 11.8 Å². The molecule has 4 rings (SSSR count). The molecular weight excluding hydrogens is 359 g/mol. The van der Waals surface area contributed by atoms with Crippen LogP contribution >= 0.6 is 0 Å². The van der Waals surface area contributed by atoms with E-state index in [-0.39, 0.29) is 17.8 Å². The lowest BCUT2D eigenvalue weighted by Gasteiger charge is -2.29. The highest BCUT2D eigenvalue weighted by Gasteiger charge is 2.44. The Morgan fingerprint density at radius 1 is 1.11 bits per heavy atom. The quantitative estimate of drug-likeness (QED) is 0.748. The first-order valence-electron chi connectivity index (χ1n) is 9.40. The Balaban J connectivity index is 1.57. The van der Waals surface area contributed by atoms with Crippen molar-refractivity contribution in [1.29, 1.82) is 0 Å². The van der Waals surface area contributed by atoms with Crippen molar-refractivity contribution in [2.45, 2.75) is 45.3 Å². The van der Waals surface area contributed by atoms with Crippen LogP contribution in [0.15, 0.2) is 42.5 Å². The molecule has 1 saturated carbocycles. The number of carbonyl (C=O) groups excluding carboxylic acids is 3. The van der Waals surface area contributed by atoms with E-state index >= 15 is 0 Å². The first-order valence-corrected chi connectivity index (χ1v) is 9.40. The van der Waals surface area contributed by atoms with E-state index < -0.39 is 17.9 Å². The number of hydrogen-bond acceptors (Lipinski definition) is 3. The molecule has 1 aliphatic carbocycles. The molecular formula is C22H21FN2O3. The van der Waals surface area contributed by atoms with Gasteiger partial charge in [-0.3, -0.25) is 19.3 Å². The van der Waals surface area contributed by atoms with Crippen LogP contribution in [0.4, 0.5) is 4.39 Å². The topological polar surface area (TPSA) is 57.7 Å². The standard InChI is InChI=1S/C22H21FN2O3/c1-13-3-10-18-19(11-13)22(28)25(21(18)27)14(2)20(26)24(17-8-9-17)12-15-4-6-16(23)7-5-15/h3-7,10-11,14,17H,8-9,12H2,1-2H3. The summed E-state index contributed by atoms with van der Waals surface area (Å²) in [5.74, 6) is -1.46. The summed E-state index contributed by atoms with van der Waals surface area (Å²) in [7, 11) is 0. The summed E-state index contributed by atoms with van der Waals surface area (Å²) in [5, 5.41) is 0. The van der Waals surface area contributed by atoms with E-state index in [2.05, 4.69) is 0 Å². The van der Waals surface area contributed by atoms with Crippen LogP contribution in [0.5, 0.6) is 0 Å². The number of benzene rings is 2. The van der Waals surface area contributed by atoms with Gasteiger partial charge in [-0.05, 0) is 56.5 Å². The molecule has 2 aromatic rings. The number of imide groups is 1. The second kappa shape index (κ2) is 6.86. The van der Waals surface area contributed by atoms with Crippen LogP contribution in [0, 0.1) is 12.7 Å². The predicted molar refractivity (Wildman–Crippen MR) is 101 cm³/mol. The van der Waals surface area contributed by atoms with Crippen LogP contribution in [-0.2, 0) is 11.3 Å². The molecule has 0 saturated heterocycles. The third-order valence-electron chi connectivity index (χ3n) is 5.36. The van der Waals surface area contributed by atoms with Crippen LogP contribution in [0.25, 0.3) is 0 Å². The first-order chi connectivity index (χ1) is 13.4. The molecule has 3 amide bonds. The molecule has 0 aromatic heterocycles. The summed E-state index contributed by atoms with van der Waals surface area (Å²) in [5.41, 5.74) is 2.39. The zero-order valence-electron chi connectivity index (χ0n) is 15.8. The Morgan fingerprint density at radius 2 is 1.75 bits per heavy atom. The van der Waals surface area contributed by atoms with Gasteiger partial charge in [0.1, 0.15) is 11.9 Å². The highest BCUT2D eigenvalue weighted by molar-refractivity contribution is 6.22. The van der Waals surface area contributed by atoms with E-state index in [1.807, 2.05) is 6.92 Å². The molecule has 1 atom stereocenters. The highest BCUT2D eigenvalue weighted by Crippen LogP contribution is 2.31. The zero-order valence-corrected chi connectivity index (χ0v) is 15.8. The zero-order chi connectivity index (χ0) is 20.0. The van der Waals surface area contributed by atoms with Crippen LogP contribution in [0.1, 0.15) is 51.6 Å². The largest absolute Gasteiger partial charge is 0.334 e. The van der Waals surface area contributed by atoms with Crippen LogP contribution < -0.4 is 0 Å². The SMILES string of the molecule is Cc1ccc2c(c1)C(=O)N(C(C)C(=O)N(Cc1ccc(F)cc1)C1CC1)C2=O. The molecule has 0 N–H and O–H groups in total. The van der Waals surface area contributed by atoms with Crippen molar-refractivity contribution >= 4 is 17.7 Å². The number of carbonyl (C=O) groups is 3. The van der Waals surface area contributed by atoms with Gasteiger partial charge in [-0.2, -0.15) is 0 Å². The lowest BCUT2D eigenvalue weighted by Crippen LogP contribution is -2.49. The average molecular weight is 380 g/mol. The van der Waals surface area contributed by atoms with Crippen molar-refractivity contribution in [3.8, 4) is 0 Å². The Labute approximate surface area is 162 Å².